The Kier molecular flexibility index (Phi) is 4.94. The first-order valence-electron chi connectivity index (χ1n) is 11.0. The third kappa shape index (κ3) is 3.58. The van der Waals surface area contributed by atoms with Crippen LogP contribution in [0.4, 0.5) is 0 Å². The number of aromatic carboxylic acids is 1. The molecular formula is C25H29NO5. The van der Waals surface area contributed by atoms with Crippen LogP contribution in [-0.4, -0.2) is 45.9 Å². The van der Waals surface area contributed by atoms with Crippen molar-refractivity contribution in [2.24, 2.45) is 11.8 Å². The highest BCUT2D eigenvalue weighted by Crippen LogP contribution is 2.54. The van der Waals surface area contributed by atoms with Crippen LogP contribution >= 0.6 is 0 Å². The van der Waals surface area contributed by atoms with Crippen LogP contribution in [0.3, 0.4) is 0 Å². The number of nitrogens with zero attached hydrogens (tertiary/aromatic N) is 1. The average Bonchev–Trinajstić information content (AvgIpc) is 2.74. The zero-order valence-corrected chi connectivity index (χ0v) is 18.0. The fraction of sp³-hybridized carbons (Fsp3) is 0.480. The van der Waals surface area contributed by atoms with Gasteiger partial charge in [0.1, 0.15) is 5.60 Å². The van der Waals surface area contributed by atoms with E-state index in [1.165, 1.54) is 0 Å². The van der Waals surface area contributed by atoms with Gasteiger partial charge in [0.2, 0.25) is 0 Å². The molecule has 2 saturated heterocycles. The molecule has 6 nitrogen and oxygen atoms in total. The monoisotopic (exact) mass is 423 g/mol. The van der Waals surface area contributed by atoms with E-state index < -0.39 is 11.6 Å². The van der Waals surface area contributed by atoms with Crippen LogP contribution in [0.2, 0.25) is 0 Å². The molecule has 2 aromatic carbocycles. The zero-order valence-electron chi connectivity index (χ0n) is 18.0. The second-order valence-electron chi connectivity index (χ2n) is 9.58. The Morgan fingerprint density at radius 3 is 2.81 bits per heavy atom. The van der Waals surface area contributed by atoms with Crippen LogP contribution in [0, 0.1) is 11.8 Å². The lowest BCUT2D eigenvalue weighted by Crippen LogP contribution is -2.55. The Morgan fingerprint density at radius 2 is 2.00 bits per heavy atom. The number of likely N-dealkylation sites (tertiary alicyclic amines) is 1. The van der Waals surface area contributed by atoms with Crippen molar-refractivity contribution in [3.8, 4) is 11.5 Å². The number of aromatic hydroxyl groups is 1. The third-order valence-electron chi connectivity index (χ3n) is 7.22. The van der Waals surface area contributed by atoms with Gasteiger partial charge < -0.3 is 19.7 Å². The third-order valence-corrected chi connectivity index (χ3v) is 7.22. The number of carboxylic acid groups (broad SMARTS) is 1. The molecule has 0 unspecified atom stereocenters. The summed E-state index contributed by atoms with van der Waals surface area (Å²) in [6, 6.07) is 12.8. The highest BCUT2D eigenvalue weighted by Gasteiger charge is 2.51. The lowest BCUT2D eigenvalue weighted by Gasteiger charge is -2.53. The molecule has 3 aliphatic heterocycles. The quantitative estimate of drug-likeness (QED) is 0.769. The topological polar surface area (TPSA) is 79.2 Å². The van der Waals surface area contributed by atoms with Gasteiger partial charge in [-0.3, -0.25) is 4.90 Å². The Labute approximate surface area is 182 Å². The second kappa shape index (κ2) is 7.53. The fourth-order valence-electron chi connectivity index (χ4n) is 5.63. The van der Waals surface area contributed by atoms with Crippen LogP contribution in [-0.2, 0) is 11.3 Å². The molecule has 2 aromatic rings. The number of benzene rings is 2. The number of hydrogen-bond donors (Lipinski definition) is 2. The minimum absolute atomic E-state index is 0.0774. The molecule has 5 rings (SSSR count). The summed E-state index contributed by atoms with van der Waals surface area (Å²) in [6.45, 7) is 6.54. The normalized spacial score (nSPS) is 29.2. The maximum absolute atomic E-state index is 11.6. The number of phenols is 1. The highest BCUT2D eigenvalue weighted by atomic mass is 16.5. The number of carboxylic acids is 1. The minimum atomic E-state index is -0.877. The van der Waals surface area contributed by atoms with E-state index in [0.29, 0.717) is 23.8 Å². The maximum atomic E-state index is 11.6. The molecule has 2 fully saturated rings. The lowest BCUT2D eigenvalue weighted by atomic mass is 9.70. The molecule has 3 aliphatic rings. The molecule has 0 bridgehead atoms. The van der Waals surface area contributed by atoms with Crippen LogP contribution in [0.25, 0.3) is 0 Å². The number of fused-ring (bicyclic) bond motifs is 4. The standard InChI is InChI=1S/C25H29NO5/c1-25(2)19-12-16-14-26(13-15-6-3-4-7-17(15)24(28)29)11-10-21(16)30-22(19)18-8-5-9-20(27)23(18)31-25/h3-9,16,19,21-22,27H,10-14H2,1-2H3,(H,28,29)/t16-,19+,21+,22-/m0/s1. The first kappa shape index (κ1) is 20.3. The predicted octanol–water partition coefficient (Wildman–Crippen LogP) is 4.23. The molecule has 0 aromatic heterocycles. The largest absolute Gasteiger partial charge is 0.504 e. The van der Waals surface area contributed by atoms with Gasteiger partial charge in [0.25, 0.3) is 0 Å². The number of hydrogen-bond acceptors (Lipinski definition) is 5. The van der Waals surface area contributed by atoms with Crippen molar-refractivity contribution in [1.82, 2.24) is 4.90 Å². The zero-order chi connectivity index (χ0) is 21.8. The number of carbonyl (C=O) groups is 1. The first-order chi connectivity index (χ1) is 14.8. The summed E-state index contributed by atoms with van der Waals surface area (Å²) in [7, 11) is 0. The van der Waals surface area contributed by atoms with E-state index in [1.807, 2.05) is 24.3 Å². The molecule has 3 heterocycles. The molecule has 2 N–H and O–H groups in total. The lowest BCUT2D eigenvalue weighted by molar-refractivity contribution is -0.188. The van der Waals surface area contributed by atoms with Gasteiger partial charge in [-0.2, -0.15) is 0 Å². The van der Waals surface area contributed by atoms with Crippen molar-refractivity contribution in [3.63, 3.8) is 0 Å². The molecule has 4 atom stereocenters. The molecule has 0 radical (unpaired) electrons. The Hall–Kier alpha value is -2.57. The average molecular weight is 424 g/mol. The summed E-state index contributed by atoms with van der Waals surface area (Å²) in [6.07, 6.45) is 1.98. The molecule has 164 valence electrons. The van der Waals surface area contributed by atoms with E-state index in [2.05, 4.69) is 18.7 Å². The summed E-state index contributed by atoms with van der Waals surface area (Å²) < 4.78 is 12.9. The van der Waals surface area contributed by atoms with Crippen molar-refractivity contribution in [2.75, 3.05) is 13.1 Å². The van der Waals surface area contributed by atoms with Gasteiger partial charge in [-0.1, -0.05) is 30.3 Å². The van der Waals surface area contributed by atoms with E-state index in [-0.39, 0.29) is 23.9 Å². The molecule has 0 amide bonds. The molecular weight excluding hydrogens is 394 g/mol. The minimum Gasteiger partial charge on any atom is -0.504 e. The summed E-state index contributed by atoms with van der Waals surface area (Å²) in [5.74, 6) is 0.400. The Bertz CT molecular complexity index is 1000. The van der Waals surface area contributed by atoms with Crippen LogP contribution in [0.15, 0.2) is 42.5 Å². The summed E-state index contributed by atoms with van der Waals surface area (Å²) in [5, 5.41) is 19.8. The van der Waals surface area contributed by atoms with Crippen LogP contribution in [0.5, 0.6) is 11.5 Å². The van der Waals surface area contributed by atoms with E-state index in [1.54, 1.807) is 18.2 Å². The molecule has 0 aliphatic carbocycles. The summed E-state index contributed by atoms with van der Waals surface area (Å²) in [4.78, 5) is 13.9. The van der Waals surface area contributed by atoms with Gasteiger partial charge in [-0.15, -0.1) is 0 Å². The first-order valence-corrected chi connectivity index (χ1v) is 11.0. The number of phenolic OH excluding ortho intramolecular Hbond substituents is 1. The Balaban J connectivity index is 1.36. The predicted molar refractivity (Wildman–Crippen MR) is 115 cm³/mol. The van der Waals surface area contributed by atoms with Gasteiger partial charge in [0.15, 0.2) is 11.5 Å². The van der Waals surface area contributed by atoms with Crippen molar-refractivity contribution in [2.45, 2.75) is 51.0 Å². The van der Waals surface area contributed by atoms with Crippen molar-refractivity contribution < 1.29 is 24.5 Å². The van der Waals surface area contributed by atoms with Gasteiger partial charge in [0, 0.05) is 31.1 Å². The van der Waals surface area contributed by atoms with Gasteiger partial charge in [-0.25, -0.2) is 4.79 Å². The number of ether oxygens (including phenoxy) is 2. The van der Waals surface area contributed by atoms with E-state index in [0.717, 1.165) is 37.1 Å². The number of piperidine rings is 1. The van der Waals surface area contributed by atoms with Crippen molar-refractivity contribution >= 4 is 5.97 Å². The fourth-order valence-corrected chi connectivity index (χ4v) is 5.63. The molecule has 6 heteroatoms. The Morgan fingerprint density at radius 1 is 1.19 bits per heavy atom. The molecule has 31 heavy (non-hydrogen) atoms. The smallest absolute Gasteiger partial charge is 0.336 e. The van der Waals surface area contributed by atoms with Gasteiger partial charge in [0.05, 0.1) is 17.8 Å². The van der Waals surface area contributed by atoms with E-state index in [4.69, 9.17) is 9.47 Å². The number of rotatable bonds is 3. The highest BCUT2D eigenvalue weighted by molar-refractivity contribution is 5.89. The van der Waals surface area contributed by atoms with Crippen LogP contribution in [0.1, 0.15) is 54.3 Å². The van der Waals surface area contributed by atoms with Gasteiger partial charge >= 0.3 is 5.97 Å². The van der Waals surface area contributed by atoms with E-state index in [9.17, 15) is 15.0 Å². The molecule has 0 saturated carbocycles. The molecule has 0 spiro atoms. The SMILES string of the molecule is CC1(C)Oc2c(O)cccc2[C@@H]2O[C@@H]3CCN(Cc4ccccc4C(=O)O)C[C@@H]3C[C@H]21. The van der Waals surface area contributed by atoms with Crippen molar-refractivity contribution in [3.05, 3.63) is 59.2 Å². The van der Waals surface area contributed by atoms with Gasteiger partial charge in [-0.05, 0) is 50.3 Å². The summed E-state index contributed by atoms with van der Waals surface area (Å²) >= 11 is 0. The maximum Gasteiger partial charge on any atom is 0.336 e. The van der Waals surface area contributed by atoms with Crippen LogP contribution < -0.4 is 4.74 Å². The van der Waals surface area contributed by atoms with Crippen molar-refractivity contribution in [1.29, 1.82) is 0 Å². The second-order valence-corrected chi connectivity index (χ2v) is 9.58. The number of para-hydroxylation sites is 1. The van der Waals surface area contributed by atoms with E-state index >= 15 is 0 Å². The summed E-state index contributed by atoms with van der Waals surface area (Å²) in [5.41, 5.74) is 1.73.